The van der Waals surface area contributed by atoms with E-state index < -0.39 is 11.7 Å². The Morgan fingerprint density at radius 1 is 1.30 bits per heavy atom. The summed E-state index contributed by atoms with van der Waals surface area (Å²) in [5, 5.41) is 6.04. The third-order valence-corrected chi connectivity index (χ3v) is 6.54. The number of amides is 2. The number of nitrogens with zero attached hydrogens (tertiary/aromatic N) is 4. The summed E-state index contributed by atoms with van der Waals surface area (Å²) in [5.41, 5.74) is -0.0303. The Bertz CT molecular complexity index is 1230. The van der Waals surface area contributed by atoms with Crippen molar-refractivity contribution < 1.29 is 14.0 Å². The Balaban J connectivity index is 1.49. The molecule has 3 aromatic rings. The summed E-state index contributed by atoms with van der Waals surface area (Å²) >= 11 is 1.21. The van der Waals surface area contributed by atoms with Crippen molar-refractivity contribution in [2.75, 3.05) is 29.9 Å². The van der Waals surface area contributed by atoms with Gasteiger partial charge in [-0.2, -0.15) is 4.98 Å². The van der Waals surface area contributed by atoms with Crippen LogP contribution in [0.3, 0.4) is 0 Å². The number of hydrogen-bond donors (Lipinski definition) is 2. The van der Waals surface area contributed by atoms with E-state index in [2.05, 4.69) is 20.6 Å². The molecular weight excluding hydrogens is 447 g/mol. The van der Waals surface area contributed by atoms with Crippen LogP contribution in [0.4, 0.5) is 15.2 Å². The van der Waals surface area contributed by atoms with Crippen molar-refractivity contribution in [1.29, 1.82) is 0 Å². The molecule has 11 heteroatoms. The molecular formula is C22H25FN6O3S. The fourth-order valence-electron chi connectivity index (χ4n) is 3.75. The van der Waals surface area contributed by atoms with Gasteiger partial charge in [0.15, 0.2) is 10.8 Å². The molecule has 2 N–H and O–H groups in total. The normalized spacial score (nSPS) is 16.1. The van der Waals surface area contributed by atoms with Crippen LogP contribution in [0.5, 0.6) is 0 Å². The minimum absolute atomic E-state index is 0.0454. The number of carbonyl (C=O) groups is 2. The van der Waals surface area contributed by atoms with Gasteiger partial charge < -0.3 is 15.5 Å². The minimum Gasteiger partial charge on any atom is -0.356 e. The van der Waals surface area contributed by atoms with Crippen LogP contribution in [0.25, 0.3) is 10.3 Å². The van der Waals surface area contributed by atoms with Crippen LogP contribution in [-0.2, 0) is 16.1 Å². The predicted molar refractivity (Wildman–Crippen MR) is 125 cm³/mol. The molecule has 1 fully saturated rings. The Labute approximate surface area is 193 Å². The summed E-state index contributed by atoms with van der Waals surface area (Å²) in [4.78, 5) is 48.4. The quantitative estimate of drug-likeness (QED) is 0.547. The highest BCUT2D eigenvalue weighted by molar-refractivity contribution is 7.22. The van der Waals surface area contributed by atoms with Gasteiger partial charge in [0.25, 0.3) is 5.56 Å². The fraction of sp³-hybridized carbons (Fsp3) is 0.409. The molecule has 0 radical (unpaired) electrons. The summed E-state index contributed by atoms with van der Waals surface area (Å²) in [5.74, 6) is -1.17. The number of fused-ring (bicyclic) bond motifs is 1. The second-order valence-corrected chi connectivity index (χ2v) is 8.91. The number of halogens is 1. The fourth-order valence-corrected chi connectivity index (χ4v) is 4.75. The van der Waals surface area contributed by atoms with Gasteiger partial charge in [0.05, 0.1) is 11.6 Å². The average Bonchev–Trinajstić information content (AvgIpc) is 3.26. The first kappa shape index (κ1) is 22.8. The van der Waals surface area contributed by atoms with Gasteiger partial charge >= 0.3 is 0 Å². The van der Waals surface area contributed by atoms with Gasteiger partial charge in [-0.25, -0.2) is 9.37 Å². The van der Waals surface area contributed by atoms with Gasteiger partial charge in [-0.3, -0.25) is 19.0 Å². The first-order valence-corrected chi connectivity index (χ1v) is 11.7. The molecule has 0 aliphatic carbocycles. The molecule has 1 unspecified atom stereocenters. The average molecular weight is 473 g/mol. The monoisotopic (exact) mass is 472 g/mol. The molecule has 0 saturated carbocycles. The minimum atomic E-state index is -0.554. The Morgan fingerprint density at radius 2 is 2.12 bits per heavy atom. The zero-order valence-electron chi connectivity index (χ0n) is 18.2. The number of anilines is 2. The lowest BCUT2D eigenvalue weighted by Gasteiger charge is -2.31. The molecule has 33 heavy (non-hydrogen) atoms. The number of carbonyl (C=O) groups excluding carboxylic acids is 2. The molecule has 2 amide bonds. The van der Waals surface area contributed by atoms with Crippen molar-refractivity contribution in [3.8, 4) is 0 Å². The van der Waals surface area contributed by atoms with E-state index in [9.17, 15) is 18.8 Å². The Kier molecular flexibility index (Phi) is 6.97. The van der Waals surface area contributed by atoms with Crippen LogP contribution in [0.2, 0.25) is 0 Å². The van der Waals surface area contributed by atoms with Crippen LogP contribution >= 0.6 is 11.3 Å². The first-order chi connectivity index (χ1) is 16.0. The molecule has 0 bridgehead atoms. The lowest BCUT2D eigenvalue weighted by Crippen LogP contribution is -2.43. The zero-order valence-corrected chi connectivity index (χ0v) is 19.0. The Morgan fingerprint density at radius 3 is 2.91 bits per heavy atom. The van der Waals surface area contributed by atoms with Crippen molar-refractivity contribution in [2.45, 2.75) is 32.7 Å². The Hall–Kier alpha value is -3.34. The number of rotatable bonds is 7. The molecule has 3 heterocycles. The van der Waals surface area contributed by atoms with E-state index in [0.29, 0.717) is 28.6 Å². The maximum absolute atomic E-state index is 13.8. The molecule has 4 rings (SSSR count). The van der Waals surface area contributed by atoms with E-state index in [-0.39, 0.29) is 29.6 Å². The molecule has 9 nitrogen and oxygen atoms in total. The number of benzene rings is 1. The number of aromatic nitrogens is 3. The van der Waals surface area contributed by atoms with E-state index in [0.717, 1.165) is 25.8 Å². The van der Waals surface area contributed by atoms with E-state index in [1.54, 1.807) is 6.07 Å². The number of piperidine rings is 1. The molecule has 1 saturated heterocycles. The van der Waals surface area contributed by atoms with Gasteiger partial charge in [0, 0.05) is 19.6 Å². The summed E-state index contributed by atoms with van der Waals surface area (Å²) in [7, 11) is 0. The standard InChI is InChI=1S/C22H25FN6O3S/c1-2-9-24-20(31)14-6-5-10-28(11-14)22-27-19-18(33-22)21(32)29(13-25-19)12-17(30)26-16-8-4-3-7-15(16)23/h3-4,7-8,13-14H,2,5-6,9-12H2,1H3,(H,24,31)(H,26,30). The SMILES string of the molecule is CCCNC(=O)C1CCCN(c2nc3ncn(CC(=O)Nc4ccccc4F)c(=O)c3s2)C1. The molecule has 0 spiro atoms. The van der Waals surface area contributed by atoms with Gasteiger partial charge in [-0.1, -0.05) is 30.4 Å². The first-order valence-electron chi connectivity index (χ1n) is 10.9. The molecule has 1 aliphatic heterocycles. The van der Waals surface area contributed by atoms with Crippen LogP contribution in [0.15, 0.2) is 35.4 Å². The van der Waals surface area contributed by atoms with Crippen LogP contribution < -0.4 is 21.1 Å². The second-order valence-electron chi connectivity index (χ2n) is 7.93. The summed E-state index contributed by atoms with van der Waals surface area (Å²) in [6.45, 7) is 3.65. The van der Waals surface area contributed by atoms with E-state index in [4.69, 9.17) is 0 Å². The summed E-state index contributed by atoms with van der Waals surface area (Å²) in [6, 6.07) is 5.82. The zero-order chi connectivity index (χ0) is 23.4. The largest absolute Gasteiger partial charge is 0.356 e. The third kappa shape index (κ3) is 5.19. The van der Waals surface area contributed by atoms with Crippen molar-refractivity contribution in [3.05, 3.63) is 46.8 Å². The highest BCUT2D eigenvalue weighted by atomic mass is 32.1. The number of thiazole rings is 1. The predicted octanol–water partition coefficient (Wildman–Crippen LogP) is 2.37. The lowest BCUT2D eigenvalue weighted by molar-refractivity contribution is -0.125. The number of hydrogen-bond acceptors (Lipinski definition) is 7. The van der Waals surface area contributed by atoms with Gasteiger partial charge in [0.1, 0.15) is 23.4 Å². The third-order valence-electron chi connectivity index (χ3n) is 5.45. The van der Waals surface area contributed by atoms with Crippen LogP contribution in [0, 0.1) is 11.7 Å². The molecule has 174 valence electrons. The van der Waals surface area contributed by atoms with Crippen molar-refractivity contribution in [2.24, 2.45) is 5.92 Å². The maximum atomic E-state index is 13.8. The van der Waals surface area contributed by atoms with Gasteiger partial charge in [-0.05, 0) is 31.4 Å². The smallest absolute Gasteiger partial charge is 0.273 e. The maximum Gasteiger partial charge on any atom is 0.273 e. The van der Waals surface area contributed by atoms with Gasteiger partial charge in [0.2, 0.25) is 11.8 Å². The van der Waals surface area contributed by atoms with E-state index in [1.165, 1.54) is 40.4 Å². The van der Waals surface area contributed by atoms with Crippen molar-refractivity contribution in [1.82, 2.24) is 19.9 Å². The summed E-state index contributed by atoms with van der Waals surface area (Å²) < 4.78 is 15.3. The highest BCUT2D eigenvalue weighted by Crippen LogP contribution is 2.29. The second kappa shape index (κ2) is 10.1. The topological polar surface area (TPSA) is 109 Å². The highest BCUT2D eigenvalue weighted by Gasteiger charge is 2.27. The van der Waals surface area contributed by atoms with Gasteiger partial charge in [-0.15, -0.1) is 0 Å². The molecule has 1 atom stereocenters. The molecule has 2 aromatic heterocycles. The number of nitrogens with one attached hydrogen (secondary N) is 2. The van der Waals surface area contributed by atoms with E-state index >= 15 is 0 Å². The van der Waals surface area contributed by atoms with Crippen molar-refractivity contribution >= 4 is 44.3 Å². The molecule has 1 aliphatic rings. The molecule has 1 aromatic carbocycles. The lowest BCUT2D eigenvalue weighted by atomic mass is 9.97. The van der Waals surface area contributed by atoms with E-state index in [1.807, 2.05) is 11.8 Å². The summed E-state index contributed by atoms with van der Waals surface area (Å²) in [6.07, 6.45) is 3.83. The van der Waals surface area contributed by atoms with Crippen molar-refractivity contribution in [3.63, 3.8) is 0 Å². The van der Waals surface area contributed by atoms with Crippen LogP contribution in [-0.4, -0.2) is 46.0 Å². The van der Waals surface area contributed by atoms with Crippen LogP contribution in [0.1, 0.15) is 26.2 Å². The number of para-hydroxylation sites is 1.